The Balaban J connectivity index is 3.34. The standard InChI is InChI=1S/C38H72N2O2/c1-3-5-7-9-11-13-15-17-19-21-23-25-27-29-31-33-37(41)39-35-36-40-38(42)34-32-30-28-26-24-22-20-18-16-14-12-10-8-6-4-2/h17-20H,3-16,21-36H2,1-2H3,(H,39,41)(H,40,42). The van der Waals surface area contributed by atoms with Gasteiger partial charge in [0.25, 0.3) is 0 Å². The van der Waals surface area contributed by atoms with Gasteiger partial charge in [-0.3, -0.25) is 9.59 Å². The van der Waals surface area contributed by atoms with Crippen LogP contribution in [0.1, 0.15) is 194 Å². The Labute approximate surface area is 262 Å². The number of hydrogen-bond acceptors (Lipinski definition) is 2. The van der Waals surface area contributed by atoms with Crippen molar-refractivity contribution in [3.05, 3.63) is 24.3 Å². The maximum atomic E-state index is 12.0. The van der Waals surface area contributed by atoms with Crippen LogP contribution in [0.5, 0.6) is 0 Å². The van der Waals surface area contributed by atoms with E-state index < -0.39 is 0 Å². The number of unbranched alkanes of at least 4 members (excludes halogenated alkanes) is 22. The van der Waals surface area contributed by atoms with Gasteiger partial charge in [0.05, 0.1) is 0 Å². The van der Waals surface area contributed by atoms with Gasteiger partial charge < -0.3 is 10.6 Å². The van der Waals surface area contributed by atoms with Gasteiger partial charge in [0.15, 0.2) is 0 Å². The summed E-state index contributed by atoms with van der Waals surface area (Å²) in [7, 11) is 0. The number of hydrogen-bond donors (Lipinski definition) is 2. The van der Waals surface area contributed by atoms with E-state index in [9.17, 15) is 9.59 Å². The van der Waals surface area contributed by atoms with Gasteiger partial charge in [0.1, 0.15) is 0 Å². The van der Waals surface area contributed by atoms with Crippen LogP contribution in [0.3, 0.4) is 0 Å². The van der Waals surface area contributed by atoms with Gasteiger partial charge in [-0.1, -0.05) is 141 Å². The van der Waals surface area contributed by atoms with E-state index in [1.807, 2.05) is 0 Å². The van der Waals surface area contributed by atoms with E-state index in [2.05, 4.69) is 48.8 Å². The third kappa shape index (κ3) is 34.6. The first-order valence-corrected chi connectivity index (χ1v) is 18.5. The summed E-state index contributed by atoms with van der Waals surface area (Å²) in [5, 5.41) is 5.88. The fraction of sp³-hybridized carbons (Fsp3) is 0.842. The summed E-state index contributed by atoms with van der Waals surface area (Å²) in [4.78, 5) is 24.0. The van der Waals surface area contributed by atoms with E-state index in [-0.39, 0.29) is 11.8 Å². The van der Waals surface area contributed by atoms with E-state index in [1.165, 1.54) is 141 Å². The molecule has 0 atom stereocenters. The van der Waals surface area contributed by atoms with Crippen molar-refractivity contribution in [1.29, 1.82) is 0 Å². The number of rotatable bonds is 33. The molecular formula is C38H72N2O2. The highest BCUT2D eigenvalue weighted by molar-refractivity contribution is 5.77. The predicted molar refractivity (Wildman–Crippen MR) is 185 cm³/mol. The Bertz CT molecular complexity index is 575. The molecular weight excluding hydrogens is 516 g/mol. The molecule has 0 saturated heterocycles. The smallest absolute Gasteiger partial charge is 0.220 e. The molecule has 246 valence electrons. The maximum Gasteiger partial charge on any atom is 0.220 e. The van der Waals surface area contributed by atoms with E-state index >= 15 is 0 Å². The molecule has 0 aliphatic rings. The van der Waals surface area contributed by atoms with Gasteiger partial charge in [-0.25, -0.2) is 0 Å². The van der Waals surface area contributed by atoms with Gasteiger partial charge in [-0.05, 0) is 64.2 Å². The zero-order valence-corrected chi connectivity index (χ0v) is 28.3. The molecule has 0 rings (SSSR count). The average molecular weight is 589 g/mol. The predicted octanol–water partition coefficient (Wildman–Crippen LogP) is 11.3. The molecule has 2 amide bonds. The second-order valence-electron chi connectivity index (χ2n) is 12.4. The highest BCUT2D eigenvalue weighted by atomic mass is 16.2. The van der Waals surface area contributed by atoms with Crippen molar-refractivity contribution >= 4 is 11.8 Å². The lowest BCUT2D eigenvalue weighted by molar-refractivity contribution is -0.123. The molecule has 2 N–H and O–H groups in total. The summed E-state index contributed by atoms with van der Waals surface area (Å²) in [6.07, 6.45) is 43.6. The normalized spacial score (nSPS) is 11.6. The van der Waals surface area contributed by atoms with Crippen LogP contribution in [-0.4, -0.2) is 24.9 Å². The summed E-state index contributed by atoms with van der Waals surface area (Å²) >= 11 is 0. The summed E-state index contributed by atoms with van der Waals surface area (Å²) < 4.78 is 0. The minimum absolute atomic E-state index is 0.110. The summed E-state index contributed by atoms with van der Waals surface area (Å²) in [5.41, 5.74) is 0. The molecule has 0 radical (unpaired) electrons. The highest BCUT2D eigenvalue weighted by Gasteiger charge is 2.03. The molecule has 0 bridgehead atoms. The molecule has 0 spiro atoms. The van der Waals surface area contributed by atoms with Crippen molar-refractivity contribution < 1.29 is 9.59 Å². The third-order valence-corrected chi connectivity index (χ3v) is 8.10. The van der Waals surface area contributed by atoms with Crippen LogP contribution in [0.25, 0.3) is 0 Å². The lowest BCUT2D eigenvalue weighted by atomic mass is 10.1. The first-order chi connectivity index (χ1) is 20.7. The zero-order valence-electron chi connectivity index (χ0n) is 28.3. The van der Waals surface area contributed by atoms with Crippen molar-refractivity contribution in [3.8, 4) is 0 Å². The lowest BCUT2D eigenvalue weighted by Crippen LogP contribution is -2.34. The monoisotopic (exact) mass is 589 g/mol. The number of carbonyl (C=O) groups is 2. The number of allylic oxidation sites excluding steroid dienone is 4. The average Bonchev–Trinajstić information content (AvgIpc) is 2.99. The quantitative estimate of drug-likeness (QED) is 0.0591. The van der Waals surface area contributed by atoms with Crippen LogP contribution in [0, 0.1) is 0 Å². The Hall–Kier alpha value is -1.58. The minimum atomic E-state index is 0.110. The Morgan fingerprint density at radius 3 is 0.952 bits per heavy atom. The van der Waals surface area contributed by atoms with E-state index in [1.54, 1.807) is 0 Å². The maximum absolute atomic E-state index is 12.0. The first kappa shape index (κ1) is 40.4. The SMILES string of the molecule is CCCCCCCCC=CCCCCCCCC(=O)NCCNC(=O)CCCCCCCC=CCCCCCCCC. The largest absolute Gasteiger partial charge is 0.354 e. The fourth-order valence-electron chi connectivity index (χ4n) is 5.29. The van der Waals surface area contributed by atoms with Gasteiger partial charge in [-0.2, -0.15) is 0 Å². The molecule has 0 fully saturated rings. The van der Waals surface area contributed by atoms with Crippen LogP contribution in [0.2, 0.25) is 0 Å². The summed E-state index contributed by atoms with van der Waals surface area (Å²) in [6, 6.07) is 0. The molecule has 0 aromatic rings. The first-order valence-electron chi connectivity index (χ1n) is 18.5. The van der Waals surface area contributed by atoms with Crippen molar-refractivity contribution in [2.75, 3.05) is 13.1 Å². The van der Waals surface area contributed by atoms with Gasteiger partial charge in [-0.15, -0.1) is 0 Å². The van der Waals surface area contributed by atoms with Gasteiger partial charge in [0.2, 0.25) is 11.8 Å². The van der Waals surface area contributed by atoms with Gasteiger partial charge >= 0.3 is 0 Å². The van der Waals surface area contributed by atoms with Gasteiger partial charge in [0, 0.05) is 25.9 Å². The van der Waals surface area contributed by atoms with E-state index in [4.69, 9.17) is 0 Å². The van der Waals surface area contributed by atoms with Crippen LogP contribution < -0.4 is 10.6 Å². The fourth-order valence-corrected chi connectivity index (χ4v) is 5.29. The van der Waals surface area contributed by atoms with Crippen LogP contribution in [-0.2, 0) is 9.59 Å². The number of carbonyl (C=O) groups excluding carboxylic acids is 2. The number of amides is 2. The lowest BCUT2D eigenvalue weighted by Gasteiger charge is -2.07. The highest BCUT2D eigenvalue weighted by Crippen LogP contribution is 2.11. The number of nitrogens with one attached hydrogen (secondary N) is 2. The Morgan fingerprint density at radius 1 is 0.381 bits per heavy atom. The van der Waals surface area contributed by atoms with Crippen LogP contribution in [0.15, 0.2) is 24.3 Å². The van der Waals surface area contributed by atoms with Crippen molar-refractivity contribution in [2.24, 2.45) is 0 Å². The molecule has 0 aliphatic heterocycles. The Morgan fingerprint density at radius 2 is 0.643 bits per heavy atom. The molecule has 0 unspecified atom stereocenters. The topological polar surface area (TPSA) is 58.2 Å². The van der Waals surface area contributed by atoms with Crippen LogP contribution in [0.4, 0.5) is 0 Å². The molecule has 4 heteroatoms. The molecule has 0 aromatic carbocycles. The second-order valence-corrected chi connectivity index (χ2v) is 12.4. The van der Waals surface area contributed by atoms with Crippen molar-refractivity contribution in [3.63, 3.8) is 0 Å². The molecule has 0 aromatic heterocycles. The van der Waals surface area contributed by atoms with Crippen molar-refractivity contribution in [1.82, 2.24) is 10.6 Å². The zero-order chi connectivity index (χ0) is 30.6. The molecule has 0 heterocycles. The summed E-state index contributed by atoms with van der Waals surface area (Å²) in [6.45, 7) is 5.60. The Kier molecular flexibility index (Phi) is 34.3. The van der Waals surface area contributed by atoms with Crippen LogP contribution >= 0.6 is 0 Å². The van der Waals surface area contributed by atoms with E-state index in [0.717, 1.165) is 25.7 Å². The molecule has 0 saturated carbocycles. The third-order valence-electron chi connectivity index (χ3n) is 8.10. The molecule has 4 nitrogen and oxygen atoms in total. The molecule has 0 aliphatic carbocycles. The summed E-state index contributed by atoms with van der Waals surface area (Å²) in [5.74, 6) is 0.221. The van der Waals surface area contributed by atoms with Crippen molar-refractivity contribution in [2.45, 2.75) is 194 Å². The molecule has 42 heavy (non-hydrogen) atoms. The minimum Gasteiger partial charge on any atom is -0.354 e. The second kappa shape index (κ2) is 35.6. The van der Waals surface area contributed by atoms with E-state index in [0.29, 0.717) is 25.9 Å².